The molecule has 32 heavy (non-hydrogen) atoms. The van der Waals surface area contributed by atoms with Crippen LogP contribution in [0.5, 0.6) is 0 Å². The zero-order valence-electron chi connectivity index (χ0n) is 16.7. The minimum atomic E-state index is -1.28. The van der Waals surface area contributed by atoms with Gasteiger partial charge in [0.1, 0.15) is 5.82 Å². The zero-order valence-corrected chi connectivity index (χ0v) is 17.5. The van der Waals surface area contributed by atoms with E-state index in [1.54, 1.807) is 6.07 Å². The van der Waals surface area contributed by atoms with Gasteiger partial charge in [0.05, 0.1) is 16.8 Å². The third-order valence-corrected chi connectivity index (χ3v) is 5.64. The third-order valence-electron chi connectivity index (χ3n) is 5.32. The molecular weight excluding hydrogens is 448 g/mol. The summed E-state index contributed by atoms with van der Waals surface area (Å²) in [4.78, 5) is 19.5. The molecule has 2 N–H and O–H groups in total. The maximum absolute atomic E-state index is 14.6. The predicted octanol–water partition coefficient (Wildman–Crippen LogP) is 5.80. The Hall–Kier alpha value is -3.20. The van der Waals surface area contributed by atoms with E-state index >= 15 is 0 Å². The number of benzene rings is 1. The van der Waals surface area contributed by atoms with Gasteiger partial charge in [-0.2, -0.15) is 8.78 Å². The minimum absolute atomic E-state index is 0.000659. The summed E-state index contributed by atoms with van der Waals surface area (Å²) in [6.07, 6.45) is 3.45. The van der Waals surface area contributed by atoms with Crippen LogP contribution in [-0.2, 0) is 6.42 Å². The van der Waals surface area contributed by atoms with Crippen LogP contribution in [0.4, 0.5) is 28.0 Å². The average Bonchev–Trinajstić information content (AvgIpc) is 2.73. The SMILES string of the molecule is CC1Cc2c(ccnc2F)C(NC(=O)Nc2cc(Cl)c(-c3cnc(F)c(F)c3)cc2F)C1. The fraction of sp³-hybridized carbons (Fsp3) is 0.227. The van der Waals surface area contributed by atoms with Crippen molar-refractivity contribution in [2.24, 2.45) is 5.92 Å². The lowest BCUT2D eigenvalue weighted by molar-refractivity contribution is 0.244. The van der Waals surface area contributed by atoms with Gasteiger partial charge in [0, 0.05) is 29.1 Å². The van der Waals surface area contributed by atoms with Crippen LogP contribution >= 0.6 is 11.6 Å². The molecule has 1 aliphatic carbocycles. The molecule has 5 nitrogen and oxygen atoms in total. The molecule has 166 valence electrons. The van der Waals surface area contributed by atoms with E-state index in [-0.39, 0.29) is 27.8 Å². The standard InChI is InChI=1S/C22H17ClF4N4O/c1-10-4-14-12(2-3-28-20(14)26)18(5-10)30-22(32)31-19-8-15(23)13(7-16(19)24)11-6-17(25)21(27)29-9-11/h2-3,6-10,18H,4-5H2,1H3,(H2,30,31,32). The summed E-state index contributed by atoms with van der Waals surface area (Å²) >= 11 is 6.18. The Balaban J connectivity index is 1.54. The molecule has 2 aromatic heterocycles. The van der Waals surface area contributed by atoms with Gasteiger partial charge in [-0.25, -0.2) is 23.5 Å². The van der Waals surface area contributed by atoms with E-state index in [9.17, 15) is 22.4 Å². The second-order valence-corrected chi connectivity index (χ2v) is 8.08. The average molecular weight is 465 g/mol. The van der Waals surface area contributed by atoms with Gasteiger partial charge in [-0.15, -0.1) is 0 Å². The molecule has 0 spiro atoms. The van der Waals surface area contributed by atoms with Crippen LogP contribution in [-0.4, -0.2) is 16.0 Å². The van der Waals surface area contributed by atoms with E-state index in [0.717, 1.165) is 24.4 Å². The van der Waals surface area contributed by atoms with Crippen LogP contribution in [0.15, 0.2) is 36.7 Å². The number of hydrogen-bond donors (Lipinski definition) is 2. The molecule has 0 radical (unpaired) electrons. The van der Waals surface area contributed by atoms with Crippen molar-refractivity contribution in [2.75, 3.05) is 5.32 Å². The molecule has 2 heterocycles. The van der Waals surface area contributed by atoms with Crippen molar-refractivity contribution < 1.29 is 22.4 Å². The summed E-state index contributed by atoms with van der Waals surface area (Å²) in [5.41, 5.74) is 1.03. The Labute approximate surface area is 185 Å². The van der Waals surface area contributed by atoms with Crippen LogP contribution in [0.3, 0.4) is 0 Å². The van der Waals surface area contributed by atoms with E-state index < -0.39 is 35.6 Å². The first kappa shape index (κ1) is 22.0. The van der Waals surface area contributed by atoms with Crippen molar-refractivity contribution in [1.29, 1.82) is 0 Å². The number of carbonyl (C=O) groups is 1. The van der Waals surface area contributed by atoms with Crippen LogP contribution in [0.25, 0.3) is 11.1 Å². The van der Waals surface area contributed by atoms with Gasteiger partial charge in [0.15, 0.2) is 5.82 Å². The molecule has 0 fully saturated rings. The van der Waals surface area contributed by atoms with Crippen molar-refractivity contribution >= 4 is 23.3 Å². The number of amides is 2. The molecule has 2 unspecified atom stereocenters. The largest absolute Gasteiger partial charge is 0.331 e. The van der Waals surface area contributed by atoms with E-state index in [4.69, 9.17) is 11.6 Å². The van der Waals surface area contributed by atoms with Crippen LogP contribution in [0.1, 0.15) is 30.5 Å². The minimum Gasteiger partial charge on any atom is -0.331 e. The van der Waals surface area contributed by atoms with Crippen LogP contribution < -0.4 is 10.6 Å². The highest BCUT2D eigenvalue weighted by molar-refractivity contribution is 6.33. The Bertz CT molecular complexity index is 1210. The highest BCUT2D eigenvalue weighted by atomic mass is 35.5. The number of carbonyl (C=O) groups excluding carboxylic acids is 1. The fourth-order valence-electron chi connectivity index (χ4n) is 3.86. The number of nitrogens with zero attached hydrogens (tertiary/aromatic N) is 2. The maximum Gasteiger partial charge on any atom is 0.319 e. The van der Waals surface area contributed by atoms with Crippen molar-refractivity contribution in [1.82, 2.24) is 15.3 Å². The van der Waals surface area contributed by atoms with Crippen molar-refractivity contribution in [3.8, 4) is 11.1 Å². The zero-order chi connectivity index (χ0) is 23.0. The Morgan fingerprint density at radius 1 is 1.09 bits per heavy atom. The molecule has 0 saturated heterocycles. The van der Waals surface area contributed by atoms with Gasteiger partial charge < -0.3 is 10.6 Å². The summed E-state index contributed by atoms with van der Waals surface area (Å²) in [6.45, 7) is 1.94. The number of hydrogen-bond acceptors (Lipinski definition) is 3. The maximum atomic E-state index is 14.6. The van der Waals surface area contributed by atoms with E-state index in [0.29, 0.717) is 24.0 Å². The van der Waals surface area contributed by atoms with Crippen molar-refractivity contribution in [3.63, 3.8) is 0 Å². The van der Waals surface area contributed by atoms with Gasteiger partial charge in [-0.3, -0.25) is 0 Å². The lowest BCUT2D eigenvalue weighted by Crippen LogP contribution is -2.36. The third kappa shape index (κ3) is 4.38. The quantitative estimate of drug-likeness (QED) is 0.380. The van der Waals surface area contributed by atoms with Crippen molar-refractivity contribution in [2.45, 2.75) is 25.8 Å². The first-order valence-corrected chi connectivity index (χ1v) is 10.1. The number of urea groups is 1. The number of halogens is 5. The molecule has 2 amide bonds. The Morgan fingerprint density at radius 3 is 2.62 bits per heavy atom. The molecule has 0 aliphatic heterocycles. The lowest BCUT2D eigenvalue weighted by Gasteiger charge is -2.30. The van der Waals surface area contributed by atoms with Gasteiger partial charge >= 0.3 is 6.03 Å². The smallest absolute Gasteiger partial charge is 0.319 e. The van der Waals surface area contributed by atoms with E-state index in [2.05, 4.69) is 20.6 Å². The molecule has 1 aromatic carbocycles. The Kier molecular flexibility index (Phi) is 6.01. The van der Waals surface area contributed by atoms with Crippen LogP contribution in [0.2, 0.25) is 5.02 Å². The predicted molar refractivity (Wildman–Crippen MR) is 111 cm³/mol. The number of anilines is 1. The summed E-state index contributed by atoms with van der Waals surface area (Å²) < 4.78 is 55.2. The molecule has 4 rings (SSSR count). The summed E-state index contributed by atoms with van der Waals surface area (Å²) in [6, 6.07) is 3.47. The number of fused-ring (bicyclic) bond motifs is 1. The monoisotopic (exact) mass is 464 g/mol. The number of rotatable bonds is 3. The second-order valence-electron chi connectivity index (χ2n) is 7.67. The number of aromatic nitrogens is 2. The molecule has 1 aliphatic rings. The number of nitrogens with one attached hydrogen (secondary N) is 2. The van der Waals surface area contributed by atoms with Crippen LogP contribution in [0, 0.1) is 29.4 Å². The first-order chi connectivity index (χ1) is 15.2. The van der Waals surface area contributed by atoms with E-state index in [1.807, 2.05) is 6.92 Å². The fourth-order valence-corrected chi connectivity index (χ4v) is 4.13. The lowest BCUT2D eigenvalue weighted by atomic mass is 9.82. The van der Waals surface area contributed by atoms with Gasteiger partial charge in [0.25, 0.3) is 0 Å². The van der Waals surface area contributed by atoms with Gasteiger partial charge in [-0.05, 0) is 48.6 Å². The van der Waals surface area contributed by atoms with E-state index in [1.165, 1.54) is 6.20 Å². The molecular formula is C22H17ClF4N4O. The second kappa shape index (κ2) is 8.74. The summed E-state index contributed by atoms with van der Waals surface area (Å²) in [5.74, 6) is -3.77. The van der Waals surface area contributed by atoms with Gasteiger partial charge in [0.2, 0.25) is 11.9 Å². The van der Waals surface area contributed by atoms with Gasteiger partial charge in [-0.1, -0.05) is 18.5 Å². The molecule has 10 heteroatoms. The Morgan fingerprint density at radius 2 is 1.88 bits per heavy atom. The topological polar surface area (TPSA) is 66.9 Å². The normalized spacial score (nSPS) is 17.6. The summed E-state index contributed by atoms with van der Waals surface area (Å²) in [7, 11) is 0. The highest BCUT2D eigenvalue weighted by Crippen LogP contribution is 2.35. The number of pyridine rings is 2. The summed E-state index contributed by atoms with van der Waals surface area (Å²) in [5, 5.41) is 5.12. The molecule has 0 saturated carbocycles. The molecule has 0 bridgehead atoms. The van der Waals surface area contributed by atoms with Crippen molar-refractivity contribution in [3.05, 3.63) is 76.3 Å². The first-order valence-electron chi connectivity index (χ1n) is 9.74. The molecule has 3 aromatic rings. The molecule has 2 atom stereocenters. The highest BCUT2D eigenvalue weighted by Gasteiger charge is 2.28.